The molecule has 2 N–H and O–H groups in total. The van der Waals surface area contributed by atoms with Crippen LogP contribution in [0.3, 0.4) is 0 Å². The smallest absolute Gasteiger partial charge is 0.313 e. The second-order valence-corrected chi connectivity index (χ2v) is 8.00. The molecule has 2 aromatic rings. The van der Waals surface area contributed by atoms with E-state index in [4.69, 9.17) is 0 Å². The van der Waals surface area contributed by atoms with E-state index >= 15 is 0 Å². The van der Waals surface area contributed by atoms with Gasteiger partial charge in [0.25, 0.3) is 0 Å². The molecule has 1 unspecified atom stereocenters. The molecule has 2 aromatic carbocycles. The van der Waals surface area contributed by atoms with Crippen LogP contribution in [0.25, 0.3) is 0 Å². The van der Waals surface area contributed by atoms with E-state index in [0.717, 1.165) is 19.4 Å². The fourth-order valence-electron chi connectivity index (χ4n) is 2.65. The average Bonchev–Trinajstić information content (AvgIpc) is 3.15. The van der Waals surface area contributed by atoms with Crippen LogP contribution in [0, 0.1) is 0 Å². The monoisotopic (exact) mass is 400 g/mol. The third-order valence-corrected chi connectivity index (χ3v) is 5.24. The highest BCUT2D eigenvalue weighted by Crippen LogP contribution is 2.21. The molecule has 148 valence electrons. The van der Waals surface area contributed by atoms with Crippen molar-refractivity contribution in [1.29, 1.82) is 0 Å². The predicted octanol–water partition coefficient (Wildman–Crippen LogP) is 3.46. The Hall–Kier alpha value is -1.90. The highest BCUT2D eigenvalue weighted by molar-refractivity contribution is 7.90. The normalized spacial score (nSPS) is 17.2. The van der Waals surface area contributed by atoms with Gasteiger partial charge in [-0.2, -0.15) is 13.2 Å². The summed E-state index contributed by atoms with van der Waals surface area (Å²) >= 11 is 0. The Morgan fingerprint density at radius 2 is 1.48 bits per heavy atom. The van der Waals surface area contributed by atoms with Crippen molar-refractivity contribution < 1.29 is 21.6 Å². The highest BCUT2D eigenvalue weighted by atomic mass is 32.2. The molecule has 3 rings (SSSR count). The van der Waals surface area contributed by atoms with Gasteiger partial charge in [0, 0.05) is 12.6 Å². The van der Waals surface area contributed by atoms with Crippen LogP contribution in [0.2, 0.25) is 0 Å². The maximum absolute atomic E-state index is 11.8. The summed E-state index contributed by atoms with van der Waals surface area (Å²) in [6.45, 7) is 0.514. The summed E-state index contributed by atoms with van der Waals surface area (Å²) in [4.78, 5) is 0. The molecule has 1 fully saturated rings. The molecule has 27 heavy (non-hydrogen) atoms. The first-order valence-electron chi connectivity index (χ1n) is 8.65. The highest BCUT2D eigenvalue weighted by Gasteiger charge is 2.45. The Labute approximate surface area is 157 Å². The van der Waals surface area contributed by atoms with Crippen LogP contribution in [-0.4, -0.2) is 33.1 Å². The maximum Gasteiger partial charge on any atom is 0.511 e. The SMILES string of the molecule is O=S(=O)(NCC1CCCN1)C(F)(F)F.c1ccc(Cc2ccccc2)cc1. The van der Waals surface area contributed by atoms with Gasteiger partial charge in [0.2, 0.25) is 0 Å². The minimum Gasteiger partial charge on any atom is -0.313 e. The van der Waals surface area contributed by atoms with Crippen LogP contribution in [-0.2, 0) is 16.4 Å². The van der Waals surface area contributed by atoms with Crippen molar-refractivity contribution in [3.8, 4) is 0 Å². The minimum atomic E-state index is -5.22. The van der Waals surface area contributed by atoms with E-state index < -0.39 is 15.5 Å². The summed E-state index contributed by atoms with van der Waals surface area (Å²) in [7, 11) is -5.18. The van der Waals surface area contributed by atoms with Gasteiger partial charge in [0.1, 0.15) is 0 Å². The Kier molecular flexibility index (Phi) is 7.82. The number of nitrogens with one attached hydrogen (secondary N) is 2. The molecule has 1 aliphatic rings. The largest absolute Gasteiger partial charge is 0.511 e. The lowest BCUT2D eigenvalue weighted by molar-refractivity contribution is -0.0448. The molecular weight excluding hydrogens is 377 g/mol. The molecule has 0 saturated carbocycles. The lowest BCUT2D eigenvalue weighted by Gasteiger charge is -2.13. The van der Waals surface area contributed by atoms with Gasteiger partial charge in [-0.1, -0.05) is 60.7 Å². The van der Waals surface area contributed by atoms with Crippen molar-refractivity contribution in [2.24, 2.45) is 0 Å². The number of hydrogen-bond donors (Lipinski definition) is 2. The molecule has 0 spiro atoms. The van der Waals surface area contributed by atoms with Gasteiger partial charge < -0.3 is 5.32 Å². The molecule has 0 radical (unpaired) electrons. The van der Waals surface area contributed by atoms with E-state index in [-0.39, 0.29) is 12.6 Å². The molecule has 1 aliphatic heterocycles. The molecular formula is C19H23F3N2O2S. The van der Waals surface area contributed by atoms with Crippen LogP contribution >= 0.6 is 0 Å². The Balaban J connectivity index is 0.000000194. The van der Waals surface area contributed by atoms with Crippen molar-refractivity contribution in [2.45, 2.75) is 30.8 Å². The Morgan fingerprint density at radius 3 is 1.89 bits per heavy atom. The zero-order valence-corrected chi connectivity index (χ0v) is 15.6. The van der Waals surface area contributed by atoms with Gasteiger partial charge in [-0.3, -0.25) is 0 Å². The zero-order chi connectivity index (χ0) is 19.8. The maximum atomic E-state index is 11.8. The third-order valence-electron chi connectivity index (χ3n) is 4.08. The summed E-state index contributed by atoms with van der Waals surface area (Å²) in [5, 5.41) is 2.89. The summed E-state index contributed by atoms with van der Waals surface area (Å²) in [6.07, 6.45) is 2.58. The molecule has 0 aromatic heterocycles. The molecule has 0 bridgehead atoms. The standard InChI is InChI=1S/C13H12.C6H11F3N2O2S/c1-3-7-12(8-4-1)11-13-9-5-2-6-10-13;7-6(8,9)14(12,13)11-4-5-2-1-3-10-5/h1-10H,11H2;5,10-11H,1-4H2. The zero-order valence-electron chi connectivity index (χ0n) is 14.7. The van der Waals surface area contributed by atoms with E-state index in [1.165, 1.54) is 15.8 Å². The molecule has 1 saturated heterocycles. The van der Waals surface area contributed by atoms with Crippen LogP contribution in [0.15, 0.2) is 60.7 Å². The quantitative estimate of drug-likeness (QED) is 0.808. The van der Waals surface area contributed by atoms with E-state index in [1.54, 1.807) is 0 Å². The summed E-state index contributed by atoms with van der Waals surface area (Å²) in [5.41, 5.74) is -2.48. The number of alkyl halides is 3. The van der Waals surface area contributed by atoms with Gasteiger partial charge in [0.15, 0.2) is 0 Å². The van der Waals surface area contributed by atoms with Crippen LogP contribution in [0.1, 0.15) is 24.0 Å². The van der Waals surface area contributed by atoms with Crippen LogP contribution < -0.4 is 10.0 Å². The molecule has 1 atom stereocenters. The van der Waals surface area contributed by atoms with Gasteiger partial charge >= 0.3 is 15.5 Å². The van der Waals surface area contributed by atoms with Crippen LogP contribution in [0.5, 0.6) is 0 Å². The van der Waals surface area contributed by atoms with Gasteiger partial charge in [-0.25, -0.2) is 13.1 Å². The lowest BCUT2D eigenvalue weighted by atomic mass is 10.1. The van der Waals surface area contributed by atoms with Gasteiger partial charge in [-0.15, -0.1) is 0 Å². The first-order valence-corrected chi connectivity index (χ1v) is 10.1. The van der Waals surface area contributed by atoms with E-state index in [9.17, 15) is 21.6 Å². The number of sulfonamides is 1. The third kappa shape index (κ3) is 7.32. The van der Waals surface area contributed by atoms with Crippen LogP contribution in [0.4, 0.5) is 13.2 Å². The minimum absolute atomic E-state index is 0.188. The number of rotatable bonds is 5. The summed E-state index contributed by atoms with van der Waals surface area (Å²) in [6, 6.07) is 20.9. The number of halogens is 3. The average molecular weight is 400 g/mol. The number of hydrogen-bond acceptors (Lipinski definition) is 3. The van der Waals surface area contributed by atoms with Crippen molar-refractivity contribution in [3.63, 3.8) is 0 Å². The fourth-order valence-corrected chi connectivity index (χ4v) is 3.23. The number of benzene rings is 2. The van der Waals surface area contributed by atoms with Crippen molar-refractivity contribution in [3.05, 3.63) is 71.8 Å². The Morgan fingerprint density at radius 1 is 0.963 bits per heavy atom. The second-order valence-electron chi connectivity index (χ2n) is 6.24. The second kappa shape index (κ2) is 9.87. The van der Waals surface area contributed by atoms with Gasteiger partial charge in [-0.05, 0) is 36.9 Å². The molecule has 0 aliphatic carbocycles. The fraction of sp³-hybridized carbons (Fsp3) is 0.368. The topological polar surface area (TPSA) is 58.2 Å². The first kappa shape index (κ1) is 21.4. The molecule has 1 heterocycles. The van der Waals surface area contributed by atoms with E-state index in [2.05, 4.69) is 66.0 Å². The van der Waals surface area contributed by atoms with Crippen molar-refractivity contribution >= 4 is 10.0 Å². The predicted molar refractivity (Wildman–Crippen MR) is 99.7 cm³/mol. The molecule has 4 nitrogen and oxygen atoms in total. The van der Waals surface area contributed by atoms with E-state index in [0.29, 0.717) is 6.42 Å². The van der Waals surface area contributed by atoms with Gasteiger partial charge in [0.05, 0.1) is 0 Å². The summed E-state index contributed by atoms with van der Waals surface area (Å²) in [5.74, 6) is 0. The molecule has 8 heteroatoms. The summed E-state index contributed by atoms with van der Waals surface area (Å²) < 4.78 is 58.1. The molecule has 0 amide bonds. The lowest BCUT2D eigenvalue weighted by Crippen LogP contribution is -2.42. The first-order chi connectivity index (χ1) is 12.8. The van der Waals surface area contributed by atoms with E-state index in [1.807, 2.05) is 0 Å². The van der Waals surface area contributed by atoms with Crippen molar-refractivity contribution in [1.82, 2.24) is 10.0 Å². The Bertz CT molecular complexity index is 738. The van der Waals surface area contributed by atoms with Crippen molar-refractivity contribution in [2.75, 3.05) is 13.1 Å².